The summed E-state index contributed by atoms with van der Waals surface area (Å²) >= 11 is 12.2. The molecule has 0 aliphatic carbocycles. The van der Waals surface area contributed by atoms with E-state index in [4.69, 9.17) is 23.2 Å². The maximum atomic E-state index is 13.4. The van der Waals surface area contributed by atoms with Crippen molar-refractivity contribution in [2.24, 2.45) is 0 Å². The number of carbonyl (C=O) groups is 2. The number of benzene rings is 1. The van der Waals surface area contributed by atoms with Crippen LogP contribution in [0, 0.1) is 6.92 Å². The van der Waals surface area contributed by atoms with Crippen LogP contribution in [0.1, 0.15) is 39.0 Å². The molecule has 192 valence electrons. The Balaban J connectivity index is 2.03. The number of carbonyl (C=O) groups excluding carboxylic acids is 2. The number of hydrogen-bond acceptors (Lipinski definition) is 5. The van der Waals surface area contributed by atoms with Crippen molar-refractivity contribution in [1.29, 1.82) is 0 Å². The molecular weight excluding hydrogens is 542 g/mol. The molecule has 1 aromatic carbocycles. The van der Waals surface area contributed by atoms with E-state index < -0.39 is 40.2 Å². The summed E-state index contributed by atoms with van der Waals surface area (Å²) in [5.74, 6) is -1.81. The number of halogens is 5. The highest BCUT2D eigenvalue weighted by atomic mass is 35.5. The molecule has 3 aromatic rings. The second-order valence-corrected chi connectivity index (χ2v) is 10.4. The average molecular weight is 562 g/mol. The van der Waals surface area contributed by atoms with Gasteiger partial charge < -0.3 is 10.6 Å². The number of anilines is 1. The summed E-state index contributed by atoms with van der Waals surface area (Å²) in [5, 5.41) is 8.43. The van der Waals surface area contributed by atoms with Crippen LogP contribution in [0.5, 0.6) is 0 Å². The Hall–Kier alpha value is -2.96. The summed E-state index contributed by atoms with van der Waals surface area (Å²) in [7, 11) is -1.19. The number of hydrogen-bond donors (Lipinski definition) is 2. The summed E-state index contributed by atoms with van der Waals surface area (Å²) < 4.78 is 52.5. The normalized spacial score (nSPS) is 13.2. The number of nitrogens with one attached hydrogen (secondary N) is 2. The number of aryl methyl sites for hydroxylation is 1. The van der Waals surface area contributed by atoms with Crippen LogP contribution in [0.4, 0.5) is 18.9 Å². The summed E-state index contributed by atoms with van der Waals surface area (Å²) in [6, 6.07) is 6.20. The van der Waals surface area contributed by atoms with Gasteiger partial charge in [0, 0.05) is 46.1 Å². The summed E-state index contributed by atoms with van der Waals surface area (Å²) in [4.78, 5) is 30.0. The number of amides is 2. The van der Waals surface area contributed by atoms with Crippen molar-refractivity contribution in [3.8, 4) is 5.82 Å². The van der Waals surface area contributed by atoms with Gasteiger partial charge in [-0.3, -0.25) is 13.8 Å². The minimum absolute atomic E-state index is 0.0274. The van der Waals surface area contributed by atoms with E-state index in [2.05, 4.69) is 20.7 Å². The highest BCUT2D eigenvalue weighted by molar-refractivity contribution is 7.84. The Bertz CT molecular complexity index is 1350. The van der Waals surface area contributed by atoms with Gasteiger partial charge in [0.1, 0.15) is 5.69 Å². The largest absolute Gasteiger partial charge is 0.435 e. The Kier molecular flexibility index (Phi) is 8.42. The van der Waals surface area contributed by atoms with E-state index in [9.17, 15) is 27.0 Å². The fraction of sp³-hybridized carbons (Fsp3) is 0.273. The molecule has 8 nitrogen and oxygen atoms in total. The van der Waals surface area contributed by atoms with Crippen LogP contribution in [0.15, 0.2) is 36.5 Å². The molecule has 36 heavy (non-hydrogen) atoms. The number of nitrogens with zero attached hydrogens (tertiary/aromatic N) is 3. The molecule has 0 spiro atoms. The molecule has 0 aliphatic rings. The van der Waals surface area contributed by atoms with Gasteiger partial charge >= 0.3 is 6.18 Å². The summed E-state index contributed by atoms with van der Waals surface area (Å²) in [5.41, 5.74) is -1.47. The molecule has 2 N–H and O–H groups in total. The SMILES string of the molecule is Cc1cc(Cl)cc(C(=O)NCC(C)S(C)=O)c1NC(=O)c1cc(C(F)(F)F)nn1-c1ncccc1Cl. The molecule has 0 radical (unpaired) electrons. The third-order valence-electron chi connectivity index (χ3n) is 5.07. The van der Waals surface area contributed by atoms with Gasteiger partial charge in [0.2, 0.25) is 0 Å². The topological polar surface area (TPSA) is 106 Å². The van der Waals surface area contributed by atoms with Crippen LogP contribution in [-0.4, -0.2) is 48.8 Å². The van der Waals surface area contributed by atoms with Crippen LogP contribution in [0.3, 0.4) is 0 Å². The van der Waals surface area contributed by atoms with E-state index in [1.165, 1.54) is 36.7 Å². The molecule has 2 heterocycles. The summed E-state index contributed by atoms with van der Waals surface area (Å²) in [6.07, 6.45) is -2.06. The first-order chi connectivity index (χ1) is 16.8. The lowest BCUT2D eigenvalue weighted by atomic mass is 10.1. The van der Waals surface area contributed by atoms with Gasteiger partial charge in [-0.05, 0) is 43.7 Å². The molecule has 0 saturated heterocycles. The van der Waals surface area contributed by atoms with Crippen molar-refractivity contribution in [2.75, 3.05) is 18.1 Å². The van der Waals surface area contributed by atoms with E-state index >= 15 is 0 Å². The number of aromatic nitrogens is 3. The molecule has 2 aromatic heterocycles. The van der Waals surface area contributed by atoms with Crippen molar-refractivity contribution in [1.82, 2.24) is 20.1 Å². The Morgan fingerprint density at radius 3 is 2.50 bits per heavy atom. The third-order valence-corrected chi connectivity index (χ3v) is 6.89. The smallest absolute Gasteiger partial charge is 0.351 e. The molecule has 0 saturated carbocycles. The first-order valence-electron chi connectivity index (χ1n) is 10.3. The second kappa shape index (κ2) is 11.0. The van der Waals surface area contributed by atoms with Crippen LogP contribution in [0.25, 0.3) is 5.82 Å². The second-order valence-electron chi connectivity index (χ2n) is 7.75. The van der Waals surface area contributed by atoms with E-state index in [1.54, 1.807) is 13.8 Å². The Labute approximate surface area is 216 Å². The standard InChI is InChI=1S/C22H20Cl2F3N5O3S/c1-11-7-13(23)8-14(20(33)29-10-12(2)36(3)35)18(11)30-21(34)16-9-17(22(25,26)27)31-32(16)19-15(24)5-4-6-28-19/h4-9,12H,10H2,1-3H3,(H,29,33)(H,30,34). The van der Waals surface area contributed by atoms with Gasteiger partial charge in [-0.15, -0.1) is 0 Å². The lowest BCUT2D eigenvalue weighted by Gasteiger charge is -2.16. The molecular formula is C22H20Cl2F3N5O3S. The van der Waals surface area contributed by atoms with Crippen LogP contribution >= 0.6 is 23.2 Å². The van der Waals surface area contributed by atoms with Gasteiger partial charge in [0.25, 0.3) is 11.8 Å². The first-order valence-corrected chi connectivity index (χ1v) is 12.7. The van der Waals surface area contributed by atoms with Crippen molar-refractivity contribution < 1.29 is 27.0 Å². The van der Waals surface area contributed by atoms with Gasteiger partial charge in [0.05, 0.1) is 16.3 Å². The van der Waals surface area contributed by atoms with Gasteiger partial charge in [-0.1, -0.05) is 23.2 Å². The zero-order valence-corrected chi connectivity index (χ0v) is 21.4. The zero-order chi connectivity index (χ0) is 26.8. The molecule has 2 amide bonds. The minimum atomic E-state index is -4.85. The monoisotopic (exact) mass is 561 g/mol. The van der Waals surface area contributed by atoms with Gasteiger partial charge in [0.15, 0.2) is 11.5 Å². The fourth-order valence-corrected chi connectivity index (χ4v) is 3.88. The lowest BCUT2D eigenvalue weighted by molar-refractivity contribution is -0.141. The number of rotatable bonds is 7. The van der Waals surface area contributed by atoms with Gasteiger partial charge in [-0.2, -0.15) is 18.3 Å². The van der Waals surface area contributed by atoms with Gasteiger partial charge in [-0.25, -0.2) is 9.67 Å². The quantitative estimate of drug-likeness (QED) is 0.436. The van der Waals surface area contributed by atoms with Crippen LogP contribution < -0.4 is 10.6 Å². The minimum Gasteiger partial charge on any atom is -0.351 e. The predicted octanol–water partition coefficient (Wildman–Crippen LogP) is 4.65. The third kappa shape index (κ3) is 6.23. The molecule has 3 rings (SSSR count). The average Bonchev–Trinajstić information content (AvgIpc) is 3.25. The maximum Gasteiger partial charge on any atom is 0.435 e. The van der Waals surface area contributed by atoms with Crippen LogP contribution in [-0.2, 0) is 17.0 Å². The van der Waals surface area contributed by atoms with Crippen molar-refractivity contribution in [2.45, 2.75) is 25.3 Å². The fourth-order valence-electron chi connectivity index (χ4n) is 3.09. The predicted molar refractivity (Wildman–Crippen MR) is 131 cm³/mol. The zero-order valence-electron chi connectivity index (χ0n) is 19.1. The van der Waals surface area contributed by atoms with E-state index in [0.29, 0.717) is 16.3 Å². The summed E-state index contributed by atoms with van der Waals surface area (Å²) in [6.45, 7) is 3.33. The lowest BCUT2D eigenvalue weighted by Crippen LogP contribution is -2.33. The highest BCUT2D eigenvalue weighted by Crippen LogP contribution is 2.31. The molecule has 0 fully saturated rings. The van der Waals surface area contributed by atoms with Crippen molar-refractivity contribution in [3.63, 3.8) is 0 Å². The van der Waals surface area contributed by atoms with E-state index in [0.717, 1.165) is 0 Å². The highest BCUT2D eigenvalue weighted by Gasteiger charge is 2.37. The van der Waals surface area contributed by atoms with E-state index in [-0.39, 0.29) is 38.9 Å². The molecule has 14 heteroatoms. The molecule has 0 aliphatic heterocycles. The molecule has 2 unspecified atom stereocenters. The van der Waals surface area contributed by atoms with Crippen molar-refractivity contribution in [3.05, 3.63) is 69.1 Å². The Morgan fingerprint density at radius 2 is 1.89 bits per heavy atom. The van der Waals surface area contributed by atoms with Crippen molar-refractivity contribution >= 4 is 51.5 Å². The van der Waals surface area contributed by atoms with Crippen LogP contribution in [0.2, 0.25) is 10.0 Å². The maximum absolute atomic E-state index is 13.4. The van der Waals surface area contributed by atoms with E-state index in [1.807, 2.05) is 0 Å². The molecule has 0 bridgehead atoms. The Morgan fingerprint density at radius 1 is 1.19 bits per heavy atom. The first kappa shape index (κ1) is 27.6. The number of pyridine rings is 1. The molecule has 2 atom stereocenters. The number of alkyl halides is 3.